The van der Waals surface area contributed by atoms with E-state index in [1.54, 1.807) is 13.8 Å². The van der Waals surface area contributed by atoms with Crippen LogP contribution in [0, 0.1) is 23.7 Å². The van der Waals surface area contributed by atoms with Gasteiger partial charge in [0.2, 0.25) is 0 Å². The second kappa shape index (κ2) is 6.05. The molecule has 0 fully saturated rings. The van der Waals surface area contributed by atoms with Gasteiger partial charge in [0, 0.05) is 12.8 Å². The summed E-state index contributed by atoms with van der Waals surface area (Å²) in [5.41, 5.74) is -0.827. The molecule has 0 bridgehead atoms. The summed E-state index contributed by atoms with van der Waals surface area (Å²) in [5.74, 6) is 2.08. The van der Waals surface area contributed by atoms with Crippen molar-refractivity contribution in [2.75, 3.05) is 0 Å². The van der Waals surface area contributed by atoms with Crippen molar-refractivity contribution in [2.45, 2.75) is 45.1 Å². The summed E-state index contributed by atoms with van der Waals surface area (Å²) in [4.78, 5) is 11.2. The fourth-order valence-corrected chi connectivity index (χ4v) is 0.838. The number of unbranched alkanes of at least 4 members (excludes halogenated alkanes) is 2. The van der Waals surface area contributed by atoms with Crippen LogP contribution in [0.3, 0.4) is 0 Å². The number of hydrogen-bond donors (Lipinski definition) is 0. The summed E-state index contributed by atoms with van der Waals surface area (Å²) in [5, 5.41) is 8.26. The van der Waals surface area contributed by atoms with Crippen LogP contribution in [0.4, 0.5) is 0 Å². The normalized spacial score (nSPS) is 10.0. The predicted molar refractivity (Wildman–Crippen MR) is 53.1 cm³/mol. The first-order valence-electron chi connectivity index (χ1n) is 4.58. The molecule has 0 rings (SSSR count). The van der Waals surface area contributed by atoms with Crippen molar-refractivity contribution >= 4 is 5.97 Å². The number of rotatable bonds is 5. The maximum atomic E-state index is 11.2. The summed E-state index contributed by atoms with van der Waals surface area (Å²) in [6, 6.07) is 2.02. The Balaban J connectivity index is 3.68. The molecule has 0 aromatic rings. The average molecular weight is 193 g/mol. The Kier molecular flexibility index (Phi) is 5.41. The molecule has 0 radical (unpaired) electrons. The van der Waals surface area contributed by atoms with Crippen LogP contribution in [-0.4, -0.2) is 11.6 Å². The topological polar surface area (TPSA) is 50.1 Å². The molecule has 0 atom stereocenters. The van der Waals surface area contributed by atoms with Gasteiger partial charge in [-0.05, 0) is 26.7 Å². The van der Waals surface area contributed by atoms with Crippen molar-refractivity contribution in [3.05, 3.63) is 0 Å². The van der Waals surface area contributed by atoms with E-state index in [2.05, 4.69) is 5.92 Å². The summed E-state index contributed by atoms with van der Waals surface area (Å²) in [7, 11) is 0. The van der Waals surface area contributed by atoms with Crippen LogP contribution in [0.2, 0.25) is 0 Å². The highest BCUT2D eigenvalue weighted by Gasteiger charge is 2.18. The van der Waals surface area contributed by atoms with Crippen LogP contribution in [0.1, 0.15) is 39.5 Å². The van der Waals surface area contributed by atoms with Gasteiger partial charge >= 0.3 is 5.97 Å². The van der Waals surface area contributed by atoms with Gasteiger partial charge in [-0.3, -0.25) is 4.79 Å². The van der Waals surface area contributed by atoms with Gasteiger partial charge in [0.05, 0.1) is 6.07 Å². The first-order valence-corrected chi connectivity index (χ1v) is 4.58. The number of hydrogen-bond acceptors (Lipinski definition) is 3. The number of terminal acetylenes is 1. The number of carbonyl (C=O) groups is 1. The second-order valence-electron chi connectivity index (χ2n) is 3.49. The molecule has 0 N–H and O–H groups in total. The molecule has 3 heteroatoms. The Morgan fingerprint density at radius 2 is 2.14 bits per heavy atom. The minimum absolute atomic E-state index is 0.300. The van der Waals surface area contributed by atoms with E-state index in [9.17, 15) is 4.79 Å². The number of nitrogens with zero attached hydrogens (tertiary/aromatic N) is 1. The van der Waals surface area contributed by atoms with Crippen molar-refractivity contribution in [1.29, 1.82) is 5.26 Å². The van der Waals surface area contributed by atoms with E-state index in [4.69, 9.17) is 16.4 Å². The smallest absolute Gasteiger partial charge is 0.307 e. The molecule has 0 aromatic carbocycles. The zero-order valence-electron chi connectivity index (χ0n) is 8.67. The highest BCUT2D eigenvalue weighted by Crippen LogP contribution is 2.10. The lowest BCUT2D eigenvalue weighted by molar-refractivity contribution is -0.151. The molecular formula is C11H15NO2. The predicted octanol–water partition coefficient (Wildman–Crippen LogP) is 2.03. The molecule has 0 unspecified atom stereocenters. The van der Waals surface area contributed by atoms with Crippen LogP contribution in [0.5, 0.6) is 0 Å². The molecule has 0 aliphatic carbocycles. The number of carbonyl (C=O) groups excluding carboxylic acids is 1. The van der Waals surface area contributed by atoms with Gasteiger partial charge in [0.1, 0.15) is 0 Å². The van der Waals surface area contributed by atoms with Gasteiger partial charge in [0.25, 0.3) is 0 Å². The summed E-state index contributed by atoms with van der Waals surface area (Å²) in [6.45, 7) is 3.33. The van der Waals surface area contributed by atoms with Crippen molar-refractivity contribution in [3.8, 4) is 18.4 Å². The largest absolute Gasteiger partial charge is 0.446 e. The maximum absolute atomic E-state index is 11.2. The van der Waals surface area contributed by atoms with Gasteiger partial charge in [0.15, 0.2) is 5.60 Å². The lowest BCUT2D eigenvalue weighted by atomic mass is 10.1. The summed E-state index contributed by atoms with van der Waals surface area (Å²) < 4.78 is 5.01. The molecule has 0 saturated heterocycles. The zero-order chi connectivity index (χ0) is 11.0. The molecule has 14 heavy (non-hydrogen) atoms. The first kappa shape index (κ1) is 12.5. The number of esters is 1. The fraction of sp³-hybridized carbons (Fsp3) is 0.636. The van der Waals surface area contributed by atoms with E-state index in [1.165, 1.54) is 0 Å². The van der Waals surface area contributed by atoms with Gasteiger partial charge in [-0.15, -0.1) is 6.42 Å². The summed E-state index contributed by atoms with van der Waals surface area (Å²) in [6.07, 6.45) is 7.36. The minimum atomic E-state index is -0.827. The van der Waals surface area contributed by atoms with E-state index in [0.29, 0.717) is 19.3 Å². The average Bonchev–Trinajstić information content (AvgIpc) is 2.12. The van der Waals surface area contributed by atoms with Crippen LogP contribution in [0.15, 0.2) is 0 Å². The standard InChI is InChI=1S/C11H15NO2/c1-4-11(2,3)14-10(13)8-6-5-7-9-12/h1H,5-8H2,2-3H3. The van der Waals surface area contributed by atoms with E-state index in [0.717, 1.165) is 6.42 Å². The Hall–Kier alpha value is -1.48. The molecular weight excluding hydrogens is 178 g/mol. The summed E-state index contributed by atoms with van der Waals surface area (Å²) >= 11 is 0. The van der Waals surface area contributed by atoms with Gasteiger partial charge in [-0.1, -0.05) is 5.92 Å². The third kappa shape index (κ3) is 6.08. The van der Waals surface area contributed by atoms with Crippen LogP contribution in [0.25, 0.3) is 0 Å². The van der Waals surface area contributed by atoms with Gasteiger partial charge in [-0.2, -0.15) is 5.26 Å². The van der Waals surface area contributed by atoms with Crippen molar-refractivity contribution < 1.29 is 9.53 Å². The van der Waals surface area contributed by atoms with E-state index in [-0.39, 0.29) is 5.97 Å². The van der Waals surface area contributed by atoms with Gasteiger partial charge in [-0.25, -0.2) is 0 Å². The SMILES string of the molecule is C#CC(C)(C)OC(=O)CCCCC#N. The van der Waals surface area contributed by atoms with E-state index >= 15 is 0 Å². The third-order valence-corrected chi connectivity index (χ3v) is 1.64. The Labute approximate surface area is 85.1 Å². The minimum Gasteiger partial charge on any atom is -0.446 e. The number of ether oxygens (including phenoxy) is 1. The molecule has 0 spiro atoms. The molecule has 0 saturated carbocycles. The molecule has 0 aliphatic heterocycles. The molecule has 3 nitrogen and oxygen atoms in total. The van der Waals surface area contributed by atoms with Crippen LogP contribution < -0.4 is 0 Å². The molecule has 0 heterocycles. The first-order chi connectivity index (χ1) is 6.52. The van der Waals surface area contributed by atoms with E-state index in [1.807, 2.05) is 6.07 Å². The quantitative estimate of drug-likeness (QED) is 0.381. The number of nitriles is 1. The lowest BCUT2D eigenvalue weighted by Crippen LogP contribution is -2.25. The van der Waals surface area contributed by atoms with Crippen molar-refractivity contribution in [2.24, 2.45) is 0 Å². The Morgan fingerprint density at radius 3 is 2.64 bits per heavy atom. The fourth-order valence-electron chi connectivity index (χ4n) is 0.838. The maximum Gasteiger partial charge on any atom is 0.307 e. The van der Waals surface area contributed by atoms with Crippen molar-refractivity contribution in [3.63, 3.8) is 0 Å². The highest BCUT2D eigenvalue weighted by molar-refractivity contribution is 5.70. The molecule has 76 valence electrons. The van der Waals surface area contributed by atoms with Crippen LogP contribution in [-0.2, 0) is 9.53 Å². The second-order valence-corrected chi connectivity index (χ2v) is 3.49. The third-order valence-electron chi connectivity index (χ3n) is 1.64. The monoisotopic (exact) mass is 193 g/mol. The highest BCUT2D eigenvalue weighted by atomic mass is 16.6. The molecule has 0 amide bonds. The Morgan fingerprint density at radius 1 is 1.50 bits per heavy atom. The van der Waals surface area contributed by atoms with Gasteiger partial charge < -0.3 is 4.74 Å². The van der Waals surface area contributed by atoms with Crippen LogP contribution >= 0.6 is 0 Å². The molecule has 0 aliphatic rings. The lowest BCUT2D eigenvalue weighted by Gasteiger charge is -2.18. The zero-order valence-corrected chi connectivity index (χ0v) is 8.67. The van der Waals surface area contributed by atoms with E-state index < -0.39 is 5.60 Å². The molecule has 0 aromatic heterocycles. The Bertz CT molecular complexity index is 268. The van der Waals surface area contributed by atoms with Crippen molar-refractivity contribution in [1.82, 2.24) is 0 Å².